The van der Waals surface area contributed by atoms with Gasteiger partial charge in [-0.3, -0.25) is 4.79 Å². The molecule has 0 radical (unpaired) electrons. The highest BCUT2D eigenvalue weighted by atomic mass is 19.1. The number of aromatic nitrogens is 4. The van der Waals surface area contributed by atoms with E-state index in [0.717, 1.165) is 0 Å². The number of carbonyl (C=O) groups excluding carboxylic acids is 1. The summed E-state index contributed by atoms with van der Waals surface area (Å²) in [5.41, 5.74) is 0.568. The molecule has 1 amide bonds. The number of aryl methyl sites for hydroxylation is 1. The van der Waals surface area contributed by atoms with Gasteiger partial charge in [0.15, 0.2) is 0 Å². The molecule has 1 aromatic carbocycles. The van der Waals surface area contributed by atoms with Crippen molar-refractivity contribution in [2.24, 2.45) is 0 Å². The number of benzene rings is 1. The molecule has 2 aromatic rings. The third-order valence-electron chi connectivity index (χ3n) is 3.85. The first-order valence-electron chi connectivity index (χ1n) is 8.05. The molecule has 2 rings (SSSR count). The van der Waals surface area contributed by atoms with Gasteiger partial charge in [-0.2, -0.15) is 0 Å². The number of carboxylic acids is 1. The number of amides is 1. The van der Waals surface area contributed by atoms with Crippen molar-refractivity contribution in [1.29, 1.82) is 0 Å². The monoisotopic (exact) mass is 361 g/mol. The van der Waals surface area contributed by atoms with Crippen LogP contribution in [0.2, 0.25) is 0 Å². The minimum atomic E-state index is -1.14. The second-order valence-corrected chi connectivity index (χ2v) is 5.79. The highest BCUT2D eigenvalue weighted by Gasteiger charge is 2.28. The standard InChI is InChI=1S/C17H20FN5O3/c1-3-4-8-14(17(25)26)19-16(24)15(23-11(2)20-21-22-23)10-12-6-5-7-13(18)9-12/h3,5-7,9,14-15H,1,4,8,10H2,2H3,(H,19,24)(H,25,26). The Morgan fingerprint density at radius 3 is 2.81 bits per heavy atom. The summed E-state index contributed by atoms with van der Waals surface area (Å²) in [6.07, 6.45) is 2.35. The molecule has 8 nitrogen and oxygen atoms in total. The van der Waals surface area contributed by atoms with Crippen LogP contribution in [0.5, 0.6) is 0 Å². The van der Waals surface area contributed by atoms with Gasteiger partial charge in [0, 0.05) is 6.42 Å². The fraction of sp³-hybridized carbons (Fsp3) is 0.353. The predicted molar refractivity (Wildman–Crippen MR) is 90.7 cm³/mol. The Morgan fingerprint density at radius 2 is 2.23 bits per heavy atom. The molecule has 0 aliphatic carbocycles. The number of hydrogen-bond donors (Lipinski definition) is 2. The number of nitrogens with one attached hydrogen (secondary N) is 1. The van der Waals surface area contributed by atoms with Gasteiger partial charge in [-0.05, 0) is 47.9 Å². The normalized spacial score (nSPS) is 13.0. The zero-order valence-corrected chi connectivity index (χ0v) is 14.3. The second kappa shape index (κ2) is 8.84. The summed E-state index contributed by atoms with van der Waals surface area (Å²) in [7, 11) is 0. The molecule has 1 aromatic heterocycles. The lowest BCUT2D eigenvalue weighted by atomic mass is 10.0. The Bertz CT molecular complexity index is 792. The summed E-state index contributed by atoms with van der Waals surface area (Å²) in [5, 5.41) is 22.9. The number of tetrazole rings is 1. The van der Waals surface area contributed by atoms with Crippen LogP contribution in [-0.2, 0) is 16.0 Å². The van der Waals surface area contributed by atoms with E-state index in [9.17, 15) is 19.1 Å². The van der Waals surface area contributed by atoms with E-state index in [2.05, 4.69) is 27.4 Å². The zero-order valence-electron chi connectivity index (χ0n) is 14.3. The summed E-state index contributed by atoms with van der Waals surface area (Å²) >= 11 is 0. The zero-order chi connectivity index (χ0) is 19.1. The Labute approximate surface area is 149 Å². The number of hydrogen-bond acceptors (Lipinski definition) is 5. The van der Waals surface area contributed by atoms with Gasteiger partial charge in [-0.15, -0.1) is 11.7 Å². The molecule has 138 valence electrons. The average molecular weight is 361 g/mol. The van der Waals surface area contributed by atoms with Crippen molar-refractivity contribution >= 4 is 11.9 Å². The van der Waals surface area contributed by atoms with Gasteiger partial charge >= 0.3 is 5.97 Å². The van der Waals surface area contributed by atoms with Crippen molar-refractivity contribution in [2.75, 3.05) is 0 Å². The lowest BCUT2D eigenvalue weighted by molar-refractivity contribution is -0.142. The average Bonchev–Trinajstić information content (AvgIpc) is 3.01. The third-order valence-corrected chi connectivity index (χ3v) is 3.85. The van der Waals surface area contributed by atoms with Crippen LogP contribution >= 0.6 is 0 Å². The van der Waals surface area contributed by atoms with Crippen LogP contribution in [0.4, 0.5) is 4.39 Å². The van der Waals surface area contributed by atoms with Crippen LogP contribution in [0.3, 0.4) is 0 Å². The number of carbonyl (C=O) groups is 2. The van der Waals surface area contributed by atoms with Gasteiger partial charge < -0.3 is 10.4 Å². The maximum atomic E-state index is 13.5. The summed E-state index contributed by atoms with van der Waals surface area (Å²) in [5.74, 6) is -1.73. The molecule has 2 atom stereocenters. The molecular weight excluding hydrogens is 341 g/mol. The summed E-state index contributed by atoms with van der Waals surface area (Å²) in [6.45, 7) is 5.17. The van der Waals surface area contributed by atoms with Gasteiger partial charge in [0.2, 0.25) is 5.91 Å². The Kier molecular flexibility index (Phi) is 6.54. The Morgan fingerprint density at radius 1 is 1.46 bits per heavy atom. The van der Waals surface area contributed by atoms with Crippen LogP contribution in [0.25, 0.3) is 0 Å². The van der Waals surface area contributed by atoms with Gasteiger partial charge in [0.05, 0.1) is 0 Å². The molecule has 2 unspecified atom stereocenters. The SMILES string of the molecule is C=CCCC(NC(=O)C(Cc1cccc(F)c1)n1nnnc1C)C(=O)O. The van der Waals surface area contributed by atoms with Crippen molar-refractivity contribution in [3.63, 3.8) is 0 Å². The number of carboxylic acid groups (broad SMARTS) is 1. The van der Waals surface area contributed by atoms with E-state index < -0.39 is 29.8 Å². The highest BCUT2D eigenvalue weighted by molar-refractivity contribution is 5.86. The van der Waals surface area contributed by atoms with Crippen LogP contribution in [-0.4, -0.2) is 43.2 Å². The molecular formula is C17H20FN5O3. The minimum absolute atomic E-state index is 0.114. The fourth-order valence-corrected chi connectivity index (χ4v) is 2.51. The molecule has 0 saturated heterocycles. The van der Waals surface area contributed by atoms with Gasteiger partial charge in [0.25, 0.3) is 0 Å². The van der Waals surface area contributed by atoms with Crippen LogP contribution in [0, 0.1) is 12.7 Å². The van der Waals surface area contributed by atoms with Gasteiger partial charge in [0.1, 0.15) is 23.7 Å². The summed E-state index contributed by atoms with van der Waals surface area (Å²) < 4.78 is 14.8. The van der Waals surface area contributed by atoms with Crippen molar-refractivity contribution < 1.29 is 19.1 Å². The molecule has 9 heteroatoms. The number of nitrogens with zero attached hydrogens (tertiary/aromatic N) is 4. The van der Waals surface area contributed by atoms with Crippen molar-refractivity contribution in [3.8, 4) is 0 Å². The maximum Gasteiger partial charge on any atom is 0.326 e. The van der Waals surface area contributed by atoms with E-state index in [1.54, 1.807) is 19.1 Å². The van der Waals surface area contributed by atoms with Crippen LogP contribution in [0.1, 0.15) is 30.3 Å². The van der Waals surface area contributed by atoms with Crippen molar-refractivity contribution in [1.82, 2.24) is 25.5 Å². The van der Waals surface area contributed by atoms with Crippen LogP contribution in [0.15, 0.2) is 36.9 Å². The van der Waals surface area contributed by atoms with E-state index in [1.165, 1.54) is 22.9 Å². The first-order valence-corrected chi connectivity index (χ1v) is 8.05. The Hall–Kier alpha value is -3.10. The van der Waals surface area contributed by atoms with E-state index >= 15 is 0 Å². The number of allylic oxidation sites excluding steroid dienone is 1. The summed E-state index contributed by atoms with van der Waals surface area (Å²) in [6, 6.07) is 3.86. The van der Waals surface area contributed by atoms with Crippen molar-refractivity contribution in [2.45, 2.75) is 38.3 Å². The molecule has 0 bridgehead atoms. The first kappa shape index (κ1) is 19.2. The molecule has 0 spiro atoms. The third kappa shape index (κ3) is 4.95. The van der Waals surface area contributed by atoms with E-state index in [0.29, 0.717) is 17.8 Å². The second-order valence-electron chi connectivity index (χ2n) is 5.79. The smallest absolute Gasteiger partial charge is 0.326 e. The van der Waals surface area contributed by atoms with Gasteiger partial charge in [-0.1, -0.05) is 18.2 Å². The molecule has 0 saturated carbocycles. The largest absolute Gasteiger partial charge is 0.480 e. The molecule has 0 aliphatic rings. The quantitative estimate of drug-likeness (QED) is 0.654. The molecule has 1 heterocycles. The number of halogens is 1. The molecule has 0 fully saturated rings. The predicted octanol–water partition coefficient (Wildman–Crippen LogP) is 1.44. The highest BCUT2D eigenvalue weighted by Crippen LogP contribution is 2.16. The lowest BCUT2D eigenvalue weighted by Gasteiger charge is -2.20. The van der Waals surface area contributed by atoms with Crippen LogP contribution < -0.4 is 5.32 Å². The van der Waals surface area contributed by atoms with Crippen molar-refractivity contribution in [3.05, 3.63) is 54.1 Å². The van der Waals surface area contributed by atoms with Gasteiger partial charge in [-0.25, -0.2) is 13.9 Å². The molecule has 2 N–H and O–H groups in total. The topological polar surface area (TPSA) is 110 Å². The number of aliphatic carboxylic acids is 1. The summed E-state index contributed by atoms with van der Waals surface area (Å²) in [4.78, 5) is 24.1. The minimum Gasteiger partial charge on any atom is -0.480 e. The van der Waals surface area contributed by atoms with E-state index in [4.69, 9.17) is 0 Å². The van der Waals surface area contributed by atoms with E-state index in [1.807, 2.05) is 0 Å². The fourth-order valence-electron chi connectivity index (χ4n) is 2.51. The Balaban J connectivity index is 2.25. The number of rotatable bonds is 9. The molecule has 0 aliphatic heterocycles. The van der Waals surface area contributed by atoms with E-state index in [-0.39, 0.29) is 12.8 Å². The maximum absolute atomic E-state index is 13.5. The molecule has 26 heavy (non-hydrogen) atoms. The lowest BCUT2D eigenvalue weighted by Crippen LogP contribution is -2.45. The first-order chi connectivity index (χ1) is 12.4.